The number of carbonyl (C=O) groups is 1. The highest BCUT2D eigenvalue weighted by molar-refractivity contribution is 5.76. The van der Waals surface area contributed by atoms with Crippen LogP contribution in [-0.2, 0) is 4.79 Å². The molecule has 0 aliphatic heterocycles. The summed E-state index contributed by atoms with van der Waals surface area (Å²) in [6.45, 7) is 0. The lowest BCUT2D eigenvalue weighted by atomic mass is 10.2. The molecule has 0 aromatic heterocycles. The number of aromatic hydroxyl groups is 1. The lowest BCUT2D eigenvalue weighted by Crippen LogP contribution is -2.08. The predicted octanol–water partition coefficient (Wildman–Crippen LogP) is 0.758. The molecule has 0 fully saturated rings. The summed E-state index contributed by atoms with van der Waals surface area (Å²) in [5.74, 6) is 3.32. The number of phenols is 1. The molecule has 0 bridgehead atoms. The van der Waals surface area contributed by atoms with Crippen LogP contribution in [0.4, 0.5) is 4.39 Å². The molecule has 1 aromatic carbocycles. The van der Waals surface area contributed by atoms with Gasteiger partial charge in [-0.2, -0.15) is 0 Å². The van der Waals surface area contributed by atoms with E-state index in [0.29, 0.717) is 5.56 Å². The van der Waals surface area contributed by atoms with Gasteiger partial charge in [-0.1, -0.05) is 11.8 Å². The standard InChI is InChI=1S/C10H8FNO2/c11-8-6-7(4-5-9(8)13)2-1-3-10(12)14/h4-6,13H,3H2,(H2,12,14). The van der Waals surface area contributed by atoms with Gasteiger partial charge < -0.3 is 10.8 Å². The van der Waals surface area contributed by atoms with Crippen molar-refractivity contribution in [3.8, 4) is 17.6 Å². The first-order valence-corrected chi connectivity index (χ1v) is 3.85. The monoisotopic (exact) mass is 193 g/mol. The van der Waals surface area contributed by atoms with Crippen LogP contribution in [0.15, 0.2) is 18.2 Å². The van der Waals surface area contributed by atoms with E-state index in [1.165, 1.54) is 12.1 Å². The van der Waals surface area contributed by atoms with Crippen molar-refractivity contribution in [3.05, 3.63) is 29.6 Å². The normalized spacial score (nSPS) is 8.93. The molecule has 14 heavy (non-hydrogen) atoms. The van der Waals surface area contributed by atoms with Crippen LogP contribution in [-0.4, -0.2) is 11.0 Å². The van der Waals surface area contributed by atoms with Gasteiger partial charge in [0.1, 0.15) is 0 Å². The molecule has 0 atom stereocenters. The maximum atomic E-state index is 12.8. The number of benzene rings is 1. The Balaban J connectivity index is 2.81. The van der Waals surface area contributed by atoms with E-state index in [0.717, 1.165) is 6.07 Å². The smallest absolute Gasteiger partial charge is 0.229 e. The molecule has 0 heterocycles. The van der Waals surface area contributed by atoms with Crippen molar-refractivity contribution in [2.24, 2.45) is 5.73 Å². The van der Waals surface area contributed by atoms with Crippen molar-refractivity contribution >= 4 is 5.91 Å². The third-order valence-corrected chi connectivity index (χ3v) is 1.44. The van der Waals surface area contributed by atoms with Gasteiger partial charge in [0.25, 0.3) is 0 Å². The van der Waals surface area contributed by atoms with Crippen LogP contribution in [0.3, 0.4) is 0 Å². The summed E-state index contributed by atoms with van der Waals surface area (Å²) in [5, 5.41) is 8.86. The first-order chi connectivity index (χ1) is 6.59. The third kappa shape index (κ3) is 2.79. The van der Waals surface area contributed by atoms with Crippen LogP contribution < -0.4 is 5.73 Å². The molecule has 1 amide bonds. The number of amides is 1. The zero-order valence-electron chi connectivity index (χ0n) is 7.25. The number of primary amides is 1. The van der Waals surface area contributed by atoms with Crippen molar-refractivity contribution in [1.82, 2.24) is 0 Å². The highest BCUT2D eigenvalue weighted by atomic mass is 19.1. The zero-order chi connectivity index (χ0) is 10.6. The Hall–Kier alpha value is -2.02. The number of phenolic OH excluding ortho intramolecular Hbond substituents is 1. The summed E-state index contributed by atoms with van der Waals surface area (Å²) in [6, 6.07) is 3.74. The predicted molar refractivity (Wildman–Crippen MR) is 48.8 cm³/mol. The van der Waals surface area contributed by atoms with Crippen LogP contribution in [0.2, 0.25) is 0 Å². The first-order valence-electron chi connectivity index (χ1n) is 3.85. The van der Waals surface area contributed by atoms with Crippen LogP contribution >= 0.6 is 0 Å². The van der Waals surface area contributed by atoms with Crippen molar-refractivity contribution in [2.75, 3.05) is 0 Å². The summed E-state index contributed by atoms with van der Waals surface area (Å²) in [4.78, 5) is 10.3. The molecule has 3 N–H and O–H groups in total. The quantitative estimate of drug-likeness (QED) is 0.646. The van der Waals surface area contributed by atoms with Crippen molar-refractivity contribution in [3.63, 3.8) is 0 Å². The molecular formula is C10H8FNO2. The lowest BCUT2D eigenvalue weighted by Gasteiger charge is -1.94. The van der Waals surface area contributed by atoms with Crippen molar-refractivity contribution in [1.29, 1.82) is 0 Å². The topological polar surface area (TPSA) is 63.3 Å². The third-order valence-electron chi connectivity index (χ3n) is 1.44. The Morgan fingerprint density at radius 2 is 2.29 bits per heavy atom. The second-order valence-electron chi connectivity index (χ2n) is 2.61. The van der Waals surface area contributed by atoms with Crippen LogP contribution in [0, 0.1) is 17.7 Å². The van der Waals surface area contributed by atoms with Gasteiger partial charge >= 0.3 is 0 Å². The molecule has 0 saturated carbocycles. The van der Waals surface area contributed by atoms with Crippen LogP contribution in [0.25, 0.3) is 0 Å². The average Bonchev–Trinajstić information content (AvgIpc) is 2.10. The molecule has 0 spiro atoms. The molecule has 1 aromatic rings. The molecule has 0 aliphatic carbocycles. The van der Waals surface area contributed by atoms with Crippen LogP contribution in [0.5, 0.6) is 5.75 Å². The average molecular weight is 193 g/mol. The van der Waals surface area contributed by atoms with Gasteiger partial charge in [-0.3, -0.25) is 4.79 Å². The second kappa shape index (κ2) is 4.28. The van der Waals surface area contributed by atoms with Crippen LogP contribution in [0.1, 0.15) is 12.0 Å². The lowest BCUT2D eigenvalue weighted by molar-refractivity contribution is -0.117. The minimum Gasteiger partial charge on any atom is -0.505 e. The fraction of sp³-hybridized carbons (Fsp3) is 0.100. The van der Waals surface area contributed by atoms with Gasteiger partial charge in [-0.25, -0.2) is 4.39 Å². The highest BCUT2D eigenvalue weighted by Gasteiger charge is 1.98. The Kier molecular flexibility index (Phi) is 3.08. The number of hydrogen-bond donors (Lipinski definition) is 2. The highest BCUT2D eigenvalue weighted by Crippen LogP contribution is 2.15. The van der Waals surface area contributed by atoms with E-state index in [9.17, 15) is 9.18 Å². The number of rotatable bonds is 1. The number of carbonyl (C=O) groups excluding carboxylic acids is 1. The first kappa shape index (κ1) is 10.1. The maximum absolute atomic E-state index is 12.8. The Labute approximate surface area is 80.4 Å². The zero-order valence-corrected chi connectivity index (χ0v) is 7.25. The largest absolute Gasteiger partial charge is 0.505 e. The maximum Gasteiger partial charge on any atom is 0.229 e. The molecule has 72 valence electrons. The molecular weight excluding hydrogens is 185 g/mol. The second-order valence-corrected chi connectivity index (χ2v) is 2.61. The van der Waals surface area contributed by atoms with E-state index in [2.05, 4.69) is 11.8 Å². The van der Waals surface area contributed by atoms with Gasteiger partial charge in [0.2, 0.25) is 5.91 Å². The molecule has 0 saturated heterocycles. The summed E-state index contributed by atoms with van der Waals surface area (Å²) in [5.41, 5.74) is 5.25. The van der Waals surface area contributed by atoms with Crippen molar-refractivity contribution in [2.45, 2.75) is 6.42 Å². The number of halogens is 1. The van der Waals surface area contributed by atoms with E-state index in [1.807, 2.05) is 0 Å². The summed E-state index contributed by atoms with van der Waals surface area (Å²) >= 11 is 0. The van der Waals surface area contributed by atoms with E-state index < -0.39 is 17.5 Å². The Morgan fingerprint density at radius 1 is 1.57 bits per heavy atom. The fourth-order valence-corrected chi connectivity index (χ4v) is 0.818. The molecule has 4 heteroatoms. The summed E-state index contributed by atoms with van der Waals surface area (Å²) < 4.78 is 12.8. The van der Waals surface area contributed by atoms with Crippen molar-refractivity contribution < 1.29 is 14.3 Å². The van der Waals surface area contributed by atoms with Gasteiger partial charge in [-0.15, -0.1) is 0 Å². The molecule has 1 rings (SSSR count). The molecule has 0 aliphatic rings. The Bertz CT molecular complexity index is 418. The Morgan fingerprint density at radius 3 is 2.86 bits per heavy atom. The van der Waals surface area contributed by atoms with Gasteiger partial charge in [0.05, 0.1) is 6.42 Å². The summed E-state index contributed by atoms with van der Waals surface area (Å²) in [7, 11) is 0. The number of hydrogen-bond acceptors (Lipinski definition) is 2. The minimum absolute atomic E-state index is 0.0670. The van der Waals surface area contributed by atoms with E-state index >= 15 is 0 Å². The fourth-order valence-electron chi connectivity index (χ4n) is 0.818. The molecule has 0 radical (unpaired) electrons. The SMILES string of the molecule is NC(=O)CC#Cc1ccc(O)c(F)c1. The van der Waals surface area contributed by atoms with E-state index in [4.69, 9.17) is 10.8 Å². The summed E-state index contributed by atoms with van der Waals surface area (Å²) in [6.07, 6.45) is -0.0670. The number of nitrogens with two attached hydrogens (primary N) is 1. The van der Waals surface area contributed by atoms with E-state index in [1.54, 1.807) is 0 Å². The molecule has 0 unspecified atom stereocenters. The van der Waals surface area contributed by atoms with Gasteiger partial charge in [0.15, 0.2) is 11.6 Å². The van der Waals surface area contributed by atoms with Gasteiger partial charge in [0, 0.05) is 5.56 Å². The van der Waals surface area contributed by atoms with Gasteiger partial charge in [-0.05, 0) is 18.2 Å². The molecule has 3 nitrogen and oxygen atoms in total. The van der Waals surface area contributed by atoms with E-state index in [-0.39, 0.29) is 6.42 Å². The minimum atomic E-state index is -0.740.